The van der Waals surface area contributed by atoms with Gasteiger partial charge in [-0.2, -0.15) is 0 Å². The maximum Gasteiger partial charge on any atom is 0.223 e. The number of anilines is 1. The van der Waals surface area contributed by atoms with Crippen molar-refractivity contribution in [1.29, 1.82) is 0 Å². The molecule has 18 heavy (non-hydrogen) atoms. The van der Waals surface area contributed by atoms with Crippen molar-refractivity contribution in [3.05, 3.63) is 21.8 Å². The van der Waals surface area contributed by atoms with E-state index in [0.717, 1.165) is 14.6 Å². The third kappa shape index (κ3) is 2.58. The van der Waals surface area contributed by atoms with Crippen molar-refractivity contribution in [2.75, 3.05) is 19.8 Å². The predicted octanol–water partition coefficient (Wildman–Crippen LogP) is 1.70. The second kappa shape index (κ2) is 5.13. The molecule has 1 amide bonds. The number of rotatable bonds is 3. The number of hydrogen-bond acceptors (Lipinski definition) is 3. The molecule has 1 aromatic heterocycles. The molecule has 0 atom stereocenters. The van der Waals surface area contributed by atoms with E-state index >= 15 is 0 Å². The average Bonchev–Trinajstić information content (AvgIpc) is 2.60. The summed E-state index contributed by atoms with van der Waals surface area (Å²) in [5.41, 5.74) is 7.73. The monoisotopic (exact) mass is 358 g/mol. The first-order valence-corrected chi connectivity index (χ1v) is 6.68. The van der Waals surface area contributed by atoms with Crippen molar-refractivity contribution in [2.24, 2.45) is 0 Å². The summed E-state index contributed by atoms with van der Waals surface area (Å²) in [6, 6.07) is 5.98. The quantitative estimate of drug-likeness (QED) is 0.850. The van der Waals surface area contributed by atoms with Crippen LogP contribution in [0.3, 0.4) is 0 Å². The van der Waals surface area contributed by atoms with Crippen LogP contribution in [0.5, 0.6) is 0 Å². The van der Waals surface area contributed by atoms with E-state index in [1.165, 1.54) is 0 Å². The number of aryl methyl sites for hydroxylation is 1. The summed E-state index contributed by atoms with van der Waals surface area (Å²) in [5, 5.41) is 0. The Hall–Kier alpha value is -1.31. The standard InChI is InChI=1S/C12H15IN4O/c1-16(2)11(18)5-6-17-10-4-3-8(13)7-9(10)15-12(17)14/h3-4,7H,5-6H2,1-2H3,(H2,14,15). The normalized spacial score (nSPS) is 10.8. The summed E-state index contributed by atoms with van der Waals surface area (Å²) in [4.78, 5) is 17.5. The van der Waals surface area contributed by atoms with Crippen molar-refractivity contribution >= 4 is 45.5 Å². The minimum Gasteiger partial charge on any atom is -0.369 e. The molecule has 0 aliphatic heterocycles. The zero-order valence-electron chi connectivity index (χ0n) is 10.4. The SMILES string of the molecule is CN(C)C(=O)CCn1c(N)nc2cc(I)ccc21. The van der Waals surface area contributed by atoms with Gasteiger partial charge in [0.15, 0.2) is 0 Å². The largest absolute Gasteiger partial charge is 0.369 e. The molecular formula is C12H15IN4O. The molecule has 5 nitrogen and oxygen atoms in total. The highest BCUT2D eigenvalue weighted by molar-refractivity contribution is 14.1. The van der Waals surface area contributed by atoms with Gasteiger partial charge < -0.3 is 15.2 Å². The smallest absolute Gasteiger partial charge is 0.223 e. The van der Waals surface area contributed by atoms with Gasteiger partial charge >= 0.3 is 0 Å². The maximum atomic E-state index is 11.6. The summed E-state index contributed by atoms with van der Waals surface area (Å²) in [6.45, 7) is 0.555. The lowest BCUT2D eigenvalue weighted by molar-refractivity contribution is -0.128. The lowest BCUT2D eigenvalue weighted by atomic mass is 10.3. The molecule has 0 bridgehead atoms. The van der Waals surface area contributed by atoms with E-state index in [-0.39, 0.29) is 5.91 Å². The molecule has 0 unspecified atom stereocenters. The second-order valence-corrected chi connectivity index (χ2v) is 5.54. The number of carbonyl (C=O) groups excluding carboxylic acids is 1. The van der Waals surface area contributed by atoms with Gasteiger partial charge in [-0.1, -0.05) is 0 Å². The summed E-state index contributed by atoms with van der Waals surface area (Å²) in [6.07, 6.45) is 0.425. The zero-order valence-corrected chi connectivity index (χ0v) is 12.5. The molecular weight excluding hydrogens is 343 g/mol. The number of imidazole rings is 1. The highest BCUT2D eigenvalue weighted by Crippen LogP contribution is 2.20. The van der Waals surface area contributed by atoms with E-state index in [4.69, 9.17) is 5.73 Å². The number of hydrogen-bond donors (Lipinski definition) is 1. The first-order valence-electron chi connectivity index (χ1n) is 5.60. The fourth-order valence-corrected chi connectivity index (χ4v) is 2.26. The molecule has 0 saturated carbocycles. The van der Waals surface area contributed by atoms with E-state index in [0.29, 0.717) is 18.9 Å². The van der Waals surface area contributed by atoms with Gasteiger partial charge in [0.05, 0.1) is 11.0 Å². The van der Waals surface area contributed by atoms with E-state index in [1.54, 1.807) is 19.0 Å². The van der Waals surface area contributed by atoms with Crippen molar-refractivity contribution in [2.45, 2.75) is 13.0 Å². The molecule has 2 aromatic rings. The van der Waals surface area contributed by atoms with Gasteiger partial charge in [-0.25, -0.2) is 4.98 Å². The van der Waals surface area contributed by atoms with Gasteiger partial charge in [-0.05, 0) is 40.8 Å². The van der Waals surface area contributed by atoms with Gasteiger partial charge in [0.25, 0.3) is 0 Å². The number of aromatic nitrogens is 2. The van der Waals surface area contributed by atoms with E-state index in [2.05, 4.69) is 27.6 Å². The maximum absolute atomic E-state index is 11.6. The minimum absolute atomic E-state index is 0.0850. The number of benzene rings is 1. The van der Waals surface area contributed by atoms with Crippen molar-refractivity contribution < 1.29 is 4.79 Å². The van der Waals surface area contributed by atoms with E-state index in [9.17, 15) is 4.79 Å². The lowest BCUT2D eigenvalue weighted by Gasteiger charge is -2.11. The summed E-state index contributed by atoms with van der Waals surface area (Å²) in [5.74, 6) is 0.542. The summed E-state index contributed by atoms with van der Waals surface area (Å²) >= 11 is 2.24. The fraction of sp³-hybridized carbons (Fsp3) is 0.333. The van der Waals surface area contributed by atoms with Crippen LogP contribution >= 0.6 is 22.6 Å². The van der Waals surface area contributed by atoms with Gasteiger partial charge in [0.1, 0.15) is 0 Å². The first kappa shape index (κ1) is 13.1. The number of nitrogens with zero attached hydrogens (tertiary/aromatic N) is 3. The molecule has 0 radical (unpaired) electrons. The highest BCUT2D eigenvalue weighted by atomic mass is 127. The molecule has 1 heterocycles. The predicted molar refractivity (Wildman–Crippen MR) is 80.2 cm³/mol. The fourth-order valence-electron chi connectivity index (χ4n) is 1.79. The minimum atomic E-state index is 0.0850. The van der Waals surface area contributed by atoms with Crippen LogP contribution in [0.15, 0.2) is 18.2 Å². The Morgan fingerprint density at radius 1 is 1.50 bits per heavy atom. The summed E-state index contributed by atoms with van der Waals surface area (Å²) in [7, 11) is 3.50. The topological polar surface area (TPSA) is 64.2 Å². The van der Waals surface area contributed by atoms with Crippen LogP contribution in [0.4, 0.5) is 5.95 Å². The van der Waals surface area contributed by atoms with E-state index < -0.39 is 0 Å². The summed E-state index contributed by atoms with van der Waals surface area (Å²) < 4.78 is 3.00. The second-order valence-electron chi connectivity index (χ2n) is 4.29. The van der Waals surface area contributed by atoms with Gasteiger partial charge in [0, 0.05) is 30.6 Å². The van der Waals surface area contributed by atoms with Gasteiger partial charge in [-0.3, -0.25) is 4.79 Å². The van der Waals surface area contributed by atoms with Crippen LogP contribution in [0.2, 0.25) is 0 Å². The molecule has 6 heteroatoms. The van der Waals surface area contributed by atoms with E-state index in [1.807, 2.05) is 22.8 Å². The van der Waals surface area contributed by atoms with Crippen LogP contribution in [-0.2, 0) is 11.3 Å². The molecule has 1 aromatic carbocycles. The Morgan fingerprint density at radius 2 is 2.22 bits per heavy atom. The number of nitrogen functional groups attached to an aromatic ring is 1. The molecule has 0 saturated heterocycles. The lowest BCUT2D eigenvalue weighted by Crippen LogP contribution is -2.23. The van der Waals surface area contributed by atoms with Crippen LogP contribution < -0.4 is 5.73 Å². The molecule has 96 valence electrons. The molecule has 0 aliphatic carbocycles. The Labute approximate surface area is 119 Å². The van der Waals surface area contributed by atoms with Crippen molar-refractivity contribution in [3.8, 4) is 0 Å². The van der Waals surface area contributed by atoms with Crippen LogP contribution in [-0.4, -0.2) is 34.5 Å². The van der Waals surface area contributed by atoms with Crippen molar-refractivity contribution in [3.63, 3.8) is 0 Å². The van der Waals surface area contributed by atoms with Crippen LogP contribution in [0, 0.1) is 3.57 Å². The Morgan fingerprint density at radius 3 is 2.89 bits per heavy atom. The Balaban J connectivity index is 2.28. The average molecular weight is 358 g/mol. The number of carbonyl (C=O) groups is 1. The van der Waals surface area contributed by atoms with Gasteiger partial charge in [0.2, 0.25) is 11.9 Å². The number of nitrogens with two attached hydrogens (primary N) is 1. The number of halogens is 1. The molecule has 2 rings (SSSR count). The molecule has 0 aliphatic rings. The Bertz CT molecular complexity index is 591. The molecule has 0 spiro atoms. The third-order valence-electron chi connectivity index (χ3n) is 2.79. The zero-order chi connectivity index (χ0) is 13.3. The molecule has 0 fully saturated rings. The number of amides is 1. The highest BCUT2D eigenvalue weighted by Gasteiger charge is 2.10. The van der Waals surface area contributed by atoms with Gasteiger partial charge in [-0.15, -0.1) is 0 Å². The Kier molecular flexibility index (Phi) is 3.74. The first-order chi connectivity index (χ1) is 8.49. The van der Waals surface area contributed by atoms with Crippen LogP contribution in [0.1, 0.15) is 6.42 Å². The number of fused-ring (bicyclic) bond motifs is 1. The van der Waals surface area contributed by atoms with Crippen LogP contribution in [0.25, 0.3) is 11.0 Å². The van der Waals surface area contributed by atoms with Crippen molar-refractivity contribution in [1.82, 2.24) is 14.5 Å². The molecule has 2 N–H and O–H groups in total. The third-order valence-corrected chi connectivity index (χ3v) is 3.46.